The van der Waals surface area contributed by atoms with Gasteiger partial charge in [0, 0.05) is 30.1 Å². The number of aromatic nitrogens is 2. The summed E-state index contributed by atoms with van der Waals surface area (Å²) in [4.78, 5) is 19.3. The van der Waals surface area contributed by atoms with Crippen molar-refractivity contribution in [3.63, 3.8) is 0 Å². The molecule has 0 radical (unpaired) electrons. The van der Waals surface area contributed by atoms with Crippen molar-refractivity contribution in [2.45, 2.75) is 12.9 Å². The molecule has 0 aliphatic heterocycles. The SMILES string of the molecule is COc1cc(-c2ccc(NCc3cccc(OC(F)(F)F)c3)nc2)cnc1C(=O)O. The molecule has 0 aliphatic rings. The Bertz CT molecular complexity index is 1040. The summed E-state index contributed by atoms with van der Waals surface area (Å²) >= 11 is 0. The van der Waals surface area contributed by atoms with E-state index in [1.807, 2.05) is 0 Å². The molecular weight excluding hydrogens is 403 g/mol. The topological polar surface area (TPSA) is 93.6 Å². The van der Waals surface area contributed by atoms with Crippen LogP contribution in [0, 0.1) is 0 Å². The van der Waals surface area contributed by atoms with Crippen molar-refractivity contribution in [1.82, 2.24) is 9.97 Å². The smallest absolute Gasteiger partial charge is 0.494 e. The maximum atomic E-state index is 12.3. The number of carbonyl (C=O) groups is 1. The van der Waals surface area contributed by atoms with Crippen LogP contribution in [-0.4, -0.2) is 34.5 Å². The van der Waals surface area contributed by atoms with Crippen molar-refractivity contribution in [2.75, 3.05) is 12.4 Å². The number of halogens is 3. The fourth-order valence-corrected chi connectivity index (χ4v) is 2.63. The minimum Gasteiger partial charge on any atom is -0.494 e. The first kappa shape index (κ1) is 20.9. The van der Waals surface area contributed by atoms with Gasteiger partial charge >= 0.3 is 12.3 Å². The van der Waals surface area contributed by atoms with Crippen LogP contribution in [-0.2, 0) is 6.54 Å². The van der Waals surface area contributed by atoms with Gasteiger partial charge in [-0.15, -0.1) is 13.2 Å². The van der Waals surface area contributed by atoms with Gasteiger partial charge in [-0.3, -0.25) is 0 Å². The van der Waals surface area contributed by atoms with E-state index in [1.165, 1.54) is 31.5 Å². The molecule has 0 saturated carbocycles. The Morgan fingerprint density at radius 1 is 1.10 bits per heavy atom. The van der Waals surface area contributed by atoms with E-state index in [4.69, 9.17) is 9.84 Å². The standard InChI is InChI=1S/C20H16F3N3O4/c1-29-16-8-14(11-26-18(16)19(27)28)13-5-6-17(25-10-13)24-9-12-3-2-4-15(7-12)30-20(21,22)23/h2-8,10-11H,9H2,1H3,(H,24,25)(H,27,28). The quantitative estimate of drug-likeness (QED) is 0.588. The number of nitrogens with zero attached hydrogens (tertiary/aromatic N) is 2. The molecule has 0 atom stereocenters. The molecule has 0 fully saturated rings. The number of pyridine rings is 2. The summed E-state index contributed by atoms with van der Waals surface area (Å²) in [5, 5.41) is 12.1. The van der Waals surface area contributed by atoms with Gasteiger partial charge in [-0.1, -0.05) is 12.1 Å². The zero-order valence-corrected chi connectivity index (χ0v) is 15.6. The van der Waals surface area contributed by atoms with Crippen LogP contribution in [0.15, 0.2) is 54.9 Å². The molecule has 0 aliphatic carbocycles. The summed E-state index contributed by atoms with van der Waals surface area (Å²) in [6.07, 6.45) is -1.78. The summed E-state index contributed by atoms with van der Waals surface area (Å²) in [6, 6.07) is 10.6. The van der Waals surface area contributed by atoms with E-state index in [9.17, 15) is 18.0 Å². The summed E-state index contributed by atoms with van der Waals surface area (Å²) in [5.74, 6) is -0.858. The highest BCUT2D eigenvalue weighted by Gasteiger charge is 2.31. The van der Waals surface area contributed by atoms with E-state index < -0.39 is 12.3 Å². The lowest BCUT2D eigenvalue weighted by molar-refractivity contribution is -0.274. The Hall–Kier alpha value is -3.82. The number of ether oxygens (including phenoxy) is 2. The van der Waals surface area contributed by atoms with Gasteiger partial charge in [-0.25, -0.2) is 14.8 Å². The van der Waals surface area contributed by atoms with Gasteiger partial charge in [0.2, 0.25) is 0 Å². The van der Waals surface area contributed by atoms with Crippen LogP contribution in [0.1, 0.15) is 16.1 Å². The third-order valence-electron chi connectivity index (χ3n) is 3.98. The van der Waals surface area contributed by atoms with Crippen LogP contribution >= 0.6 is 0 Å². The van der Waals surface area contributed by atoms with E-state index in [1.54, 1.807) is 30.5 Å². The van der Waals surface area contributed by atoms with Crippen molar-refractivity contribution < 1.29 is 32.5 Å². The molecule has 0 bridgehead atoms. The Labute approximate surface area is 169 Å². The monoisotopic (exact) mass is 419 g/mol. The van der Waals surface area contributed by atoms with Crippen molar-refractivity contribution in [3.8, 4) is 22.6 Å². The van der Waals surface area contributed by atoms with Crippen LogP contribution < -0.4 is 14.8 Å². The number of nitrogens with one attached hydrogen (secondary N) is 1. The van der Waals surface area contributed by atoms with Crippen LogP contribution in [0.2, 0.25) is 0 Å². The molecule has 7 nitrogen and oxygen atoms in total. The molecule has 0 saturated heterocycles. The van der Waals surface area contributed by atoms with E-state index >= 15 is 0 Å². The van der Waals surface area contributed by atoms with Crippen molar-refractivity contribution in [2.24, 2.45) is 0 Å². The zero-order valence-electron chi connectivity index (χ0n) is 15.6. The first-order valence-electron chi connectivity index (χ1n) is 8.57. The number of benzene rings is 1. The average Bonchev–Trinajstić information content (AvgIpc) is 2.71. The molecule has 30 heavy (non-hydrogen) atoms. The van der Waals surface area contributed by atoms with Crippen molar-refractivity contribution in [3.05, 3.63) is 66.1 Å². The van der Waals surface area contributed by atoms with E-state index in [2.05, 4.69) is 20.0 Å². The predicted octanol–water partition coefficient (Wildman–Crippen LogP) is 4.36. The van der Waals surface area contributed by atoms with Crippen molar-refractivity contribution in [1.29, 1.82) is 0 Å². The Morgan fingerprint density at radius 3 is 2.50 bits per heavy atom. The molecule has 3 rings (SSSR count). The van der Waals surface area contributed by atoms with Crippen LogP contribution in [0.4, 0.5) is 19.0 Å². The zero-order chi connectivity index (χ0) is 21.7. The number of hydrogen-bond donors (Lipinski definition) is 2. The Balaban J connectivity index is 1.68. The second-order valence-electron chi connectivity index (χ2n) is 6.06. The van der Waals surface area contributed by atoms with Crippen LogP contribution in [0.25, 0.3) is 11.1 Å². The molecule has 0 amide bonds. The number of methoxy groups -OCH3 is 1. The number of alkyl halides is 3. The molecule has 2 aromatic heterocycles. The molecule has 10 heteroatoms. The van der Waals surface area contributed by atoms with Gasteiger partial charge in [0.05, 0.1) is 7.11 Å². The average molecular weight is 419 g/mol. The number of aromatic carboxylic acids is 1. The first-order chi connectivity index (χ1) is 14.2. The summed E-state index contributed by atoms with van der Waals surface area (Å²) in [5.41, 5.74) is 1.70. The number of anilines is 1. The van der Waals surface area contributed by atoms with Gasteiger partial charge in [0.25, 0.3) is 0 Å². The normalized spacial score (nSPS) is 11.1. The summed E-state index contributed by atoms with van der Waals surface area (Å²) in [7, 11) is 1.35. The van der Waals surface area contributed by atoms with Gasteiger partial charge in [0.1, 0.15) is 11.6 Å². The Morgan fingerprint density at radius 2 is 1.87 bits per heavy atom. The van der Waals surface area contributed by atoms with E-state index in [0.29, 0.717) is 22.5 Å². The maximum Gasteiger partial charge on any atom is 0.573 e. The molecule has 2 heterocycles. The molecule has 0 spiro atoms. The predicted molar refractivity (Wildman–Crippen MR) is 101 cm³/mol. The second kappa shape index (κ2) is 8.68. The van der Waals surface area contributed by atoms with Gasteiger partial charge < -0.3 is 19.9 Å². The molecule has 2 N–H and O–H groups in total. The van der Waals surface area contributed by atoms with Gasteiger partial charge in [-0.05, 0) is 35.9 Å². The van der Waals surface area contributed by atoms with Gasteiger partial charge in [-0.2, -0.15) is 0 Å². The molecular formula is C20H16F3N3O4. The maximum absolute atomic E-state index is 12.3. The lowest BCUT2D eigenvalue weighted by atomic mass is 10.1. The fraction of sp³-hybridized carbons (Fsp3) is 0.150. The molecule has 0 unspecified atom stereocenters. The minimum absolute atomic E-state index is 0.128. The number of hydrogen-bond acceptors (Lipinski definition) is 6. The highest BCUT2D eigenvalue weighted by Crippen LogP contribution is 2.26. The lowest BCUT2D eigenvalue weighted by Crippen LogP contribution is -2.17. The fourth-order valence-electron chi connectivity index (χ4n) is 2.63. The molecule has 156 valence electrons. The number of rotatable bonds is 7. The largest absolute Gasteiger partial charge is 0.573 e. The third kappa shape index (κ3) is 5.37. The molecule has 3 aromatic rings. The first-order valence-corrected chi connectivity index (χ1v) is 8.57. The van der Waals surface area contributed by atoms with Gasteiger partial charge in [0.15, 0.2) is 11.4 Å². The highest BCUT2D eigenvalue weighted by atomic mass is 19.4. The number of carboxylic acids is 1. The van der Waals surface area contributed by atoms with Crippen LogP contribution in [0.5, 0.6) is 11.5 Å². The highest BCUT2D eigenvalue weighted by molar-refractivity contribution is 5.89. The third-order valence-corrected chi connectivity index (χ3v) is 3.98. The van der Waals surface area contributed by atoms with E-state index in [-0.39, 0.29) is 23.7 Å². The lowest BCUT2D eigenvalue weighted by Gasteiger charge is -2.11. The Kier molecular flexibility index (Phi) is 6.05. The minimum atomic E-state index is -4.75. The second-order valence-corrected chi connectivity index (χ2v) is 6.06. The van der Waals surface area contributed by atoms with E-state index in [0.717, 1.165) is 0 Å². The van der Waals surface area contributed by atoms with Crippen molar-refractivity contribution >= 4 is 11.8 Å². The summed E-state index contributed by atoms with van der Waals surface area (Å²) < 4.78 is 45.9. The summed E-state index contributed by atoms with van der Waals surface area (Å²) in [6.45, 7) is 0.240. The molecule has 1 aromatic carbocycles. The van der Waals surface area contributed by atoms with Crippen LogP contribution in [0.3, 0.4) is 0 Å². The number of carboxylic acid groups (broad SMARTS) is 1.